The number of methoxy groups -OCH3 is 1. The Balaban J connectivity index is 1.33. The lowest BCUT2D eigenvalue weighted by Gasteiger charge is -2.32. The van der Waals surface area contributed by atoms with Crippen LogP contribution in [0.2, 0.25) is 0 Å². The molecule has 2 aliphatic heterocycles. The van der Waals surface area contributed by atoms with Crippen LogP contribution >= 0.6 is 0 Å². The van der Waals surface area contributed by atoms with Crippen molar-refractivity contribution < 1.29 is 18.3 Å². The number of hydrogen-bond donors (Lipinski definition) is 0. The second kappa shape index (κ2) is 10.6. The van der Waals surface area contributed by atoms with Gasteiger partial charge in [-0.3, -0.25) is 14.8 Å². The maximum Gasteiger partial charge on any atom is 0.272 e. The minimum atomic E-state index is -0.877. The molecule has 9 nitrogen and oxygen atoms in total. The largest absolute Gasteiger partial charge is 0.496 e. The summed E-state index contributed by atoms with van der Waals surface area (Å²) in [6, 6.07) is 13.1. The molecule has 1 aromatic carbocycles. The lowest BCUT2D eigenvalue weighted by Crippen LogP contribution is -2.47. The van der Waals surface area contributed by atoms with E-state index >= 15 is 0 Å². The minimum absolute atomic E-state index is 0.126. The number of piperazine rings is 1. The standard InChI is InChI=1S/C30H29FN6O3/c1-35-9-11-36(12-10-35)30(38)25-15-27(39-2)23(17-34-25)28-14-24-29(40-28)22(5-7-33-24)19-3-4-26(20(13-19)16-32)37-8-6-21(31)18-37/h3-5,7,13-15,17,21H,6,8-12,18H2,1-2H3/t21-/m1/s1. The molecule has 4 aromatic rings. The minimum Gasteiger partial charge on any atom is -0.496 e. The molecular formula is C30H29FN6O3. The predicted octanol–water partition coefficient (Wildman–Crippen LogP) is 4.37. The Kier molecular flexibility index (Phi) is 6.82. The zero-order valence-corrected chi connectivity index (χ0v) is 22.4. The highest BCUT2D eigenvalue weighted by atomic mass is 19.1. The Morgan fingerprint density at radius 3 is 2.65 bits per heavy atom. The van der Waals surface area contributed by atoms with Crippen LogP contribution in [0.25, 0.3) is 33.6 Å². The van der Waals surface area contributed by atoms with E-state index in [4.69, 9.17) is 9.15 Å². The van der Waals surface area contributed by atoms with E-state index in [0.717, 1.165) is 29.9 Å². The van der Waals surface area contributed by atoms with Gasteiger partial charge in [0, 0.05) is 69.4 Å². The van der Waals surface area contributed by atoms with Crippen LogP contribution in [0.5, 0.6) is 5.75 Å². The topological polar surface area (TPSA) is 98.7 Å². The molecule has 2 fully saturated rings. The zero-order chi connectivity index (χ0) is 27.8. The van der Waals surface area contributed by atoms with Crippen molar-refractivity contribution in [3.63, 3.8) is 0 Å². The Hall–Kier alpha value is -4.49. The maximum absolute atomic E-state index is 13.8. The second-order valence-electron chi connectivity index (χ2n) is 10.2. The number of furan rings is 1. The monoisotopic (exact) mass is 540 g/mol. The van der Waals surface area contributed by atoms with E-state index in [0.29, 0.717) is 72.0 Å². The first-order valence-corrected chi connectivity index (χ1v) is 13.3. The van der Waals surface area contributed by atoms with E-state index in [1.54, 1.807) is 36.5 Å². The van der Waals surface area contributed by atoms with E-state index in [9.17, 15) is 14.4 Å². The summed E-state index contributed by atoms with van der Waals surface area (Å²) in [4.78, 5) is 27.9. The molecule has 0 saturated carbocycles. The van der Waals surface area contributed by atoms with E-state index in [-0.39, 0.29) is 5.91 Å². The summed E-state index contributed by atoms with van der Waals surface area (Å²) in [5.41, 5.74) is 4.90. The van der Waals surface area contributed by atoms with Crippen molar-refractivity contribution in [3.05, 3.63) is 60.0 Å². The first-order chi connectivity index (χ1) is 19.4. The Labute approximate surface area is 231 Å². The molecule has 2 saturated heterocycles. The molecule has 5 heterocycles. The number of carbonyl (C=O) groups excluding carboxylic acids is 1. The van der Waals surface area contributed by atoms with Gasteiger partial charge < -0.3 is 23.9 Å². The molecule has 1 atom stereocenters. The summed E-state index contributed by atoms with van der Waals surface area (Å²) in [5.74, 6) is 0.848. The lowest BCUT2D eigenvalue weighted by molar-refractivity contribution is 0.0658. The van der Waals surface area contributed by atoms with Gasteiger partial charge in [0.2, 0.25) is 0 Å². The van der Waals surface area contributed by atoms with Crippen molar-refractivity contribution in [2.45, 2.75) is 12.6 Å². The number of fused-ring (bicyclic) bond motifs is 1. The third kappa shape index (κ3) is 4.73. The van der Waals surface area contributed by atoms with Crippen molar-refractivity contribution in [2.75, 3.05) is 58.3 Å². The number of anilines is 1. The van der Waals surface area contributed by atoms with Crippen LogP contribution in [0.4, 0.5) is 10.1 Å². The number of benzene rings is 1. The number of amides is 1. The Morgan fingerprint density at radius 1 is 1.10 bits per heavy atom. The Bertz CT molecular complexity index is 1620. The van der Waals surface area contributed by atoms with E-state index in [1.807, 2.05) is 36.2 Å². The van der Waals surface area contributed by atoms with Crippen molar-refractivity contribution in [1.29, 1.82) is 5.26 Å². The highest BCUT2D eigenvalue weighted by molar-refractivity contribution is 5.95. The number of hydrogen-bond acceptors (Lipinski definition) is 8. The smallest absolute Gasteiger partial charge is 0.272 e. The number of alkyl halides is 1. The van der Waals surface area contributed by atoms with Gasteiger partial charge in [0.05, 0.1) is 23.9 Å². The summed E-state index contributed by atoms with van der Waals surface area (Å²) in [5, 5.41) is 9.84. The molecule has 10 heteroatoms. The van der Waals surface area contributed by atoms with Gasteiger partial charge in [-0.1, -0.05) is 6.07 Å². The molecule has 3 aromatic heterocycles. The van der Waals surface area contributed by atoms with Gasteiger partial charge in [-0.25, -0.2) is 4.39 Å². The van der Waals surface area contributed by atoms with E-state index < -0.39 is 6.17 Å². The van der Waals surface area contributed by atoms with Crippen molar-refractivity contribution >= 4 is 22.7 Å². The highest BCUT2D eigenvalue weighted by Gasteiger charge is 2.25. The SMILES string of the molecule is COc1cc(C(=O)N2CCN(C)CC2)ncc1-c1cc2nccc(-c3ccc(N4CC[C@@H](F)C4)c(C#N)c3)c2o1. The Morgan fingerprint density at radius 2 is 1.93 bits per heavy atom. The molecule has 0 N–H and O–H groups in total. The quantitative estimate of drug-likeness (QED) is 0.368. The number of ether oxygens (including phenoxy) is 1. The second-order valence-corrected chi connectivity index (χ2v) is 10.2. The number of nitriles is 1. The number of rotatable bonds is 5. The third-order valence-electron chi connectivity index (χ3n) is 7.67. The van der Waals surface area contributed by atoms with Crippen LogP contribution in [0.15, 0.2) is 53.2 Å². The molecule has 2 aliphatic rings. The normalized spacial score (nSPS) is 17.8. The van der Waals surface area contributed by atoms with Crippen LogP contribution in [-0.4, -0.2) is 85.3 Å². The molecule has 6 rings (SSSR count). The van der Waals surface area contributed by atoms with Gasteiger partial charge in [-0.2, -0.15) is 5.26 Å². The predicted molar refractivity (Wildman–Crippen MR) is 149 cm³/mol. The summed E-state index contributed by atoms with van der Waals surface area (Å²) in [6.07, 6.45) is 2.88. The fourth-order valence-electron chi connectivity index (χ4n) is 5.38. The molecule has 0 bridgehead atoms. The van der Waals surface area contributed by atoms with Gasteiger partial charge in [0.15, 0.2) is 5.58 Å². The molecule has 204 valence electrons. The van der Waals surface area contributed by atoms with Crippen LogP contribution in [0, 0.1) is 11.3 Å². The molecular weight excluding hydrogens is 511 g/mol. The summed E-state index contributed by atoms with van der Waals surface area (Å²) in [6.45, 7) is 3.84. The number of carbonyl (C=O) groups is 1. The lowest BCUT2D eigenvalue weighted by atomic mass is 10.0. The van der Waals surface area contributed by atoms with Gasteiger partial charge in [0.25, 0.3) is 5.91 Å². The molecule has 0 aliphatic carbocycles. The number of halogens is 1. The zero-order valence-electron chi connectivity index (χ0n) is 22.4. The first kappa shape index (κ1) is 25.8. The van der Waals surface area contributed by atoms with Crippen LogP contribution < -0.4 is 9.64 Å². The number of aromatic nitrogens is 2. The van der Waals surface area contributed by atoms with Crippen LogP contribution in [0.3, 0.4) is 0 Å². The summed E-state index contributed by atoms with van der Waals surface area (Å²) >= 11 is 0. The summed E-state index contributed by atoms with van der Waals surface area (Å²) in [7, 11) is 3.59. The fourth-order valence-corrected chi connectivity index (χ4v) is 5.38. The van der Waals surface area contributed by atoms with E-state index in [2.05, 4.69) is 20.9 Å². The average molecular weight is 541 g/mol. The summed E-state index contributed by atoms with van der Waals surface area (Å²) < 4.78 is 25.7. The first-order valence-electron chi connectivity index (χ1n) is 13.3. The third-order valence-corrected chi connectivity index (χ3v) is 7.67. The fraction of sp³-hybridized carbons (Fsp3) is 0.333. The number of pyridine rings is 2. The number of nitrogens with zero attached hydrogens (tertiary/aromatic N) is 6. The molecule has 0 spiro atoms. The van der Waals surface area contributed by atoms with Crippen molar-refractivity contribution in [2.24, 2.45) is 0 Å². The molecule has 40 heavy (non-hydrogen) atoms. The highest BCUT2D eigenvalue weighted by Crippen LogP contribution is 2.38. The van der Waals surface area contributed by atoms with Crippen LogP contribution in [-0.2, 0) is 0 Å². The van der Waals surface area contributed by atoms with Crippen LogP contribution in [0.1, 0.15) is 22.5 Å². The average Bonchev–Trinajstić information content (AvgIpc) is 3.62. The van der Waals surface area contributed by atoms with Gasteiger partial charge in [0.1, 0.15) is 35.0 Å². The van der Waals surface area contributed by atoms with Crippen molar-refractivity contribution in [3.8, 4) is 34.3 Å². The molecule has 0 radical (unpaired) electrons. The molecule has 1 amide bonds. The van der Waals surface area contributed by atoms with Crippen molar-refractivity contribution in [1.82, 2.24) is 19.8 Å². The maximum atomic E-state index is 13.8. The van der Waals surface area contributed by atoms with Gasteiger partial charge >= 0.3 is 0 Å². The van der Waals surface area contributed by atoms with E-state index in [1.165, 1.54) is 0 Å². The van der Waals surface area contributed by atoms with Gasteiger partial charge in [-0.05, 0) is 37.2 Å². The molecule has 0 unspecified atom stereocenters. The number of likely N-dealkylation sites (N-methyl/N-ethyl adjacent to an activating group) is 1. The van der Waals surface area contributed by atoms with Gasteiger partial charge in [-0.15, -0.1) is 0 Å².